The highest BCUT2D eigenvalue weighted by Crippen LogP contribution is 2.76. The second-order valence-corrected chi connectivity index (χ2v) is 27.0. The molecular weight excluding hydrogens is 1110 g/mol. The zero-order valence-electron chi connectivity index (χ0n) is 48.8. The van der Waals surface area contributed by atoms with Gasteiger partial charge in [-0.15, -0.1) is 0 Å². The number of carboxylic acid groups (broad SMARTS) is 1. The summed E-state index contributed by atoms with van der Waals surface area (Å²) in [4.78, 5) is 40.9. The summed E-state index contributed by atoms with van der Waals surface area (Å²) >= 11 is 0. The Bertz CT molecular complexity index is 2440. The van der Waals surface area contributed by atoms with Crippen LogP contribution in [0.4, 0.5) is 0 Å². The number of aldehydes is 1. The molecule has 26 nitrogen and oxygen atoms in total. The molecule has 8 fully saturated rings. The lowest BCUT2D eigenvalue weighted by molar-refractivity contribution is -0.398. The van der Waals surface area contributed by atoms with Crippen molar-refractivity contribution in [1.82, 2.24) is 0 Å². The fourth-order valence-corrected chi connectivity index (χ4v) is 17.1. The molecule has 0 radical (unpaired) electrons. The second kappa shape index (κ2) is 24.2. The number of aliphatic hydroxyl groups is 13. The average molecular weight is 1200 g/mol. The predicted molar refractivity (Wildman–Crippen MR) is 284 cm³/mol. The number of allylic oxidation sites excluding steroid dienone is 3. The van der Waals surface area contributed by atoms with Crippen molar-refractivity contribution in [3.05, 3.63) is 23.3 Å². The zero-order chi connectivity index (χ0) is 61.7. The molecule has 9 aliphatic rings. The number of ether oxygens (including phenoxy) is 9. The van der Waals surface area contributed by atoms with Gasteiger partial charge in [-0.25, -0.2) is 9.59 Å². The molecule has 30 atom stereocenters. The number of hydrogen-bond donors (Lipinski definition) is 14. The Labute approximate surface area is 487 Å². The summed E-state index contributed by atoms with van der Waals surface area (Å²) in [5.41, 5.74) is -3.87. The predicted octanol–water partition coefficient (Wildman–Crippen LogP) is -2.34. The summed E-state index contributed by atoms with van der Waals surface area (Å²) in [6, 6.07) is 0. The van der Waals surface area contributed by atoms with Crippen LogP contribution in [0, 0.1) is 56.2 Å². The van der Waals surface area contributed by atoms with E-state index in [1.807, 2.05) is 13.8 Å². The second-order valence-electron chi connectivity index (χ2n) is 27.0. The van der Waals surface area contributed by atoms with Gasteiger partial charge in [0.15, 0.2) is 31.3 Å². The Morgan fingerprint density at radius 3 is 1.93 bits per heavy atom. The van der Waals surface area contributed by atoms with Crippen LogP contribution in [0.2, 0.25) is 0 Å². The van der Waals surface area contributed by atoms with Crippen molar-refractivity contribution in [3.8, 4) is 0 Å². The van der Waals surface area contributed by atoms with E-state index in [1.54, 1.807) is 26.8 Å². The highest BCUT2D eigenvalue weighted by Gasteiger charge is 2.74. The molecule has 0 unspecified atom stereocenters. The molecule has 4 saturated heterocycles. The standard InChI is InChI=1S/C58H90O26/c1-9-24(2)48(75)84-46-27(18-59)53(3,4)16-26-25-10-11-32-54(5)14-13-34(55(6,22-61)31(54)12-15-56(32,7)57(25,8)17-33(65)58(26,46)23-62)79-52-45(83-50-40(71)38(69)37(68)30(19-60)78-50)42(41(72)43(81-52)47(73)74)80-51-44(36(67)29(64)21-77-51)82-49-39(70)35(66)28(63)20-76-49/h9-10,22,26-46,49-52,59-60,62-72H,11-21,23H2,1-8H3,(H,73,74)/b24-9+/t26-,27-,28-,29+,30+,31+,32+,33+,34-,35-,36-,37-,38-,39+,40+,41-,42-,43-,44+,45+,46-,49-,50-,51-,52+,54-,55-,56+,57+,58-/m0/s1. The lowest BCUT2D eigenvalue weighted by Crippen LogP contribution is -2.71. The molecule has 4 saturated carbocycles. The molecule has 0 spiro atoms. The quantitative estimate of drug-likeness (QED) is 0.0269. The van der Waals surface area contributed by atoms with E-state index in [0.717, 1.165) is 11.9 Å². The van der Waals surface area contributed by atoms with Crippen molar-refractivity contribution in [2.75, 3.05) is 33.0 Å². The van der Waals surface area contributed by atoms with Crippen molar-refractivity contribution < 1.29 is 129 Å². The maximum absolute atomic E-state index is 14.2. The largest absolute Gasteiger partial charge is 0.479 e. The van der Waals surface area contributed by atoms with Crippen LogP contribution in [-0.2, 0) is 57.0 Å². The first-order valence-electron chi connectivity index (χ1n) is 29.4. The van der Waals surface area contributed by atoms with Crippen LogP contribution in [0.1, 0.15) is 100 Å². The van der Waals surface area contributed by atoms with E-state index in [2.05, 4.69) is 26.8 Å². The highest BCUT2D eigenvalue weighted by atomic mass is 16.8. The topological polar surface area (TPSA) is 418 Å². The van der Waals surface area contributed by atoms with Crippen molar-refractivity contribution in [3.63, 3.8) is 0 Å². The molecule has 26 heteroatoms. The van der Waals surface area contributed by atoms with E-state index in [-0.39, 0.29) is 25.4 Å². The van der Waals surface area contributed by atoms with E-state index < -0.39 is 218 Å². The minimum atomic E-state index is -2.27. The highest BCUT2D eigenvalue weighted by molar-refractivity contribution is 5.87. The Morgan fingerprint density at radius 2 is 1.31 bits per heavy atom. The lowest BCUT2D eigenvalue weighted by atomic mass is 9.32. The molecule has 478 valence electrons. The van der Waals surface area contributed by atoms with E-state index in [9.17, 15) is 85.9 Å². The summed E-state index contributed by atoms with van der Waals surface area (Å²) in [6.45, 7) is 12.6. The van der Waals surface area contributed by atoms with Crippen molar-refractivity contribution in [2.45, 2.75) is 229 Å². The maximum Gasteiger partial charge on any atom is 0.335 e. The Kier molecular flexibility index (Phi) is 18.9. The molecule has 0 aromatic carbocycles. The zero-order valence-corrected chi connectivity index (χ0v) is 48.8. The van der Waals surface area contributed by atoms with Gasteiger partial charge in [0.2, 0.25) is 0 Å². The molecule has 0 amide bonds. The molecule has 9 rings (SSSR count). The third-order valence-electron chi connectivity index (χ3n) is 22.4. The molecular formula is C58H90O26. The number of rotatable bonds is 15. The van der Waals surface area contributed by atoms with Crippen molar-refractivity contribution in [1.29, 1.82) is 0 Å². The minimum absolute atomic E-state index is 0.130. The molecule has 0 aromatic heterocycles. The Balaban J connectivity index is 1.05. The molecule has 0 aromatic rings. The fraction of sp³-hybridized carbons (Fsp3) is 0.879. The van der Waals surface area contributed by atoms with Gasteiger partial charge in [0.05, 0.1) is 49.5 Å². The molecule has 4 heterocycles. The molecule has 4 aliphatic heterocycles. The first-order valence-corrected chi connectivity index (χ1v) is 29.4. The fourth-order valence-electron chi connectivity index (χ4n) is 17.1. The third kappa shape index (κ3) is 10.5. The molecule has 14 N–H and O–H groups in total. The minimum Gasteiger partial charge on any atom is -0.479 e. The van der Waals surface area contributed by atoms with Gasteiger partial charge in [0, 0.05) is 18.1 Å². The van der Waals surface area contributed by atoms with E-state index in [0.29, 0.717) is 37.7 Å². The summed E-state index contributed by atoms with van der Waals surface area (Å²) in [5, 5.41) is 154. The molecule has 5 aliphatic carbocycles. The van der Waals surface area contributed by atoms with Gasteiger partial charge in [-0.1, -0.05) is 59.3 Å². The Hall–Kier alpha value is -2.75. The van der Waals surface area contributed by atoms with Crippen LogP contribution in [0.25, 0.3) is 0 Å². The van der Waals surface area contributed by atoms with Crippen LogP contribution in [0.15, 0.2) is 23.3 Å². The van der Waals surface area contributed by atoms with Crippen LogP contribution < -0.4 is 0 Å². The summed E-state index contributed by atoms with van der Waals surface area (Å²) in [7, 11) is 0. The summed E-state index contributed by atoms with van der Waals surface area (Å²) in [6.07, 6.45) is -30.5. The van der Waals surface area contributed by atoms with Gasteiger partial charge in [-0.05, 0) is 98.2 Å². The van der Waals surface area contributed by atoms with Gasteiger partial charge in [0.25, 0.3) is 0 Å². The number of carboxylic acids is 1. The number of hydrogen-bond acceptors (Lipinski definition) is 25. The first kappa shape index (κ1) is 65.7. The smallest absolute Gasteiger partial charge is 0.335 e. The SMILES string of the molecule is C/C=C(\C)C(=O)O[C@H]1[C@H](CO)C(C)(C)C[C@H]2C3=CC[C@@H]4[C@@]5(C)CC[C@H](O[C@@H]6O[C@H](C(=O)O)[C@@H](O)[C@H](O[C@@H]7OC[C@@H](O)[C@H](O)[C@H]7O[C@@H]7OC[C@H](O)[C@H](O)[C@H]7O)[C@H]6O[C@@H]6O[C@H](CO)[C@H](O)[C@H](O)[C@H]6O)[C@@](C)(C=O)[C@@H]5CC[C@@]4(C)[C@]3(C)C[C@@H](O)[C@]21CO. The van der Waals surface area contributed by atoms with Gasteiger partial charge in [-0.3, -0.25) is 0 Å². The normalized spacial score (nSPS) is 52.1. The van der Waals surface area contributed by atoms with E-state index in [1.165, 1.54) is 0 Å². The molecule has 84 heavy (non-hydrogen) atoms. The van der Waals surface area contributed by atoms with Crippen LogP contribution in [0.3, 0.4) is 0 Å². The van der Waals surface area contributed by atoms with Crippen LogP contribution in [-0.4, -0.2) is 252 Å². The third-order valence-corrected chi connectivity index (χ3v) is 22.4. The number of fused-ring (bicyclic) bond motifs is 7. The number of carbonyl (C=O) groups is 3. The number of carbonyl (C=O) groups excluding carboxylic acids is 2. The average Bonchev–Trinajstić information content (AvgIpc) is 0.965. The van der Waals surface area contributed by atoms with Crippen LogP contribution >= 0.6 is 0 Å². The first-order chi connectivity index (χ1) is 39.4. The number of aliphatic hydroxyl groups excluding tert-OH is 13. The lowest BCUT2D eigenvalue weighted by Gasteiger charge is -2.72. The summed E-state index contributed by atoms with van der Waals surface area (Å²) < 4.78 is 54.5. The number of aliphatic carboxylic acids is 1. The van der Waals surface area contributed by atoms with Gasteiger partial charge < -0.3 is 119 Å². The van der Waals surface area contributed by atoms with E-state index >= 15 is 0 Å². The number of esters is 1. The monoisotopic (exact) mass is 1200 g/mol. The summed E-state index contributed by atoms with van der Waals surface area (Å²) in [5.74, 6) is -4.02. The van der Waals surface area contributed by atoms with Gasteiger partial charge in [0.1, 0.15) is 91.7 Å². The van der Waals surface area contributed by atoms with Crippen LogP contribution in [0.5, 0.6) is 0 Å². The van der Waals surface area contributed by atoms with Gasteiger partial charge in [-0.2, -0.15) is 0 Å². The Morgan fingerprint density at radius 1 is 0.679 bits per heavy atom. The van der Waals surface area contributed by atoms with E-state index in [4.69, 9.17) is 42.6 Å². The van der Waals surface area contributed by atoms with Crippen molar-refractivity contribution in [2.24, 2.45) is 56.2 Å². The van der Waals surface area contributed by atoms with Gasteiger partial charge >= 0.3 is 11.9 Å². The maximum atomic E-state index is 14.2. The molecule has 0 bridgehead atoms. The van der Waals surface area contributed by atoms with Crippen molar-refractivity contribution >= 4 is 18.2 Å².